The highest BCUT2D eigenvalue weighted by atomic mass is 19.1. The summed E-state index contributed by atoms with van der Waals surface area (Å²) in [5.41, 5.74) is 0.593. The van der Waals surface area contributed by atoms with Crippen molar-refractivity contribution in [3.05, 3.63) is 23.6 Å². The zero-order chi connectivity index (χ0) is 13.0. The first kappa shape index (κ1) is 13.2. The van der Waals surface area contributed by atoms with Gasteiger partial charge in [-0.25, -0.2) is 9.37 Å². The molecule has 1 aliphatic heterocycles. The Morgan fingerprint density at radius 1 is 1.50 bits per heavy atom. The van der Waals surface area contributed by atoms with Crippen molar-refractivity contribution >= 4 is 0 Å². The molecular formula is C13H20FN3O. The fourth-order valence-corrected chi connectivity index (χ4v) is 2.13. The van der Waals surface area contributed by atoms with Crippen molar-refractivity contribution in [2.45, 2.75) is 25.5 Å². The van der Waals surface area contributed by atoms with E-state index in [1.807, 2.05) is 0 Å². The van der Waals surface area contributed by atoms with Crippen molar-refractivity contribution in [1.29, 1.82) is 0 Å². The molecule has 1 aromatic heterocycles. The molecular weight excluding hydrogens is 233 g/mol. The Bertz CT molecular complexity index is 392. The summed E-state index contributed by atoms with van der Waals surface area (Å²) in [7, 11) is 3.87. The Hall–Kier alpha value is -1.20. The van der Waals surface area contributed by atoms with Gasteiger partial charge in [0.2, 0.25) is 0 Å². The normalized spacial score (nSPS) is 17.9. The molecule has 0 unspecified atom stereocenters. The quantitative estimate of drug-likeness (QED) is 0.880. The van der Waals surface area contributed by atoms with Gasteiger partial charge in [-0.15, -0.1) is 0 Å². The number of halogens is 1. The van der Waals surface area contributed by atoms with E-state index in [2.05, 4.69) is 22.2 Å². The smallest absolute Gasteiger partial charge is 0.250 e. The summed E-state index contributed by atoms with van der Waals surface area (Å²) in [6.45, 7) is 2.46. The lowest BCUT2D eigenvalue weighted by Crippen LogP contribution is -2.36. The largest absolute Gasteiger partial charge is 0.472 e. The minimum absolute atomic E-state index is 0.0769. The van der Waals surface area contributed by atoms with Crippen LogP contribution in [0, 0.1) is 5.82 Å². The Morgan fingerprint density at radius 2 is 2.22 bits per heavy atom. The van der Waals surface area contributed by atoms with E-state index in [0.29, 0.717) is 12.1 Å². The summed E-state index contributed by atoms with van der Waals surface area (Å²) < 4.78 is 19.7. The van der Waals surface area contributed by atoms with Crippen LogP contribution < -0.4 is 10.1 Å². The van der Waals surface area contributed by atoms with Crippen molar-refractivity contribution in [1.82, 2.24) is 15.2 Å². The molecule has 5 heteroatoms. The van der Waals surface area contributed by atoms with Gasteiger partial charge in [0.15, 0.2) is 5.82 Å². The van der Waals surface area contributed by atoms with Crippen LogP contribution in [0.15, 0.2) is 12.3 Å². The minimum Gasteiger partial charge on any atom is -0.472 e. The number of nitrogens with one attached hydrogen (secondary N) is 1. The number of hydrogen-bond donors (Lipinski definition) is 1. The molecule has 1 N–H and O–H groups in total. The van der Waals surface area contributed by atoms with Gasteiger partial charge < -0.3 is 15.0 Å². The molecule has 0 atom stereocenters. The summed E-state index contributed by atoms with van der Waals surface area (Å²) in [5, 5.41) is 2.93. The molecule has 0 aromatic carbocycles. The maximum atomic E-state index is 14.1. The zero-order valence-electron chi connectivity index (χ0n) is 10.9. The number of piperidine rings is 1. The highest BCUT2D eigenvalue weighted by Crippen LogP contribution is 2.21. The molecule has 0 saturated carbocycles. The van der Waals surface area contributed by atoms with Gasteiger partial charge >= 0.3 is 0 Å². The third-order valence-corrected chi connectivity index (χ3v) is 3.25. The number of likely N-dealkylation sites (tertiary alicyclic amines) is 1. The summed E-state index contributed by atoms with van der Waals surface area (Å²) in [5.74, 6) is -0.205. The molecule has 0 spiro atoms. The second-order valence-corrected chi connectivity index (χ2v) is 4.74. The lowest BCUT2D eigenvalue weighted by molar-refractivity contribution is 0.105. The van der Waals surface area contributed by atoms with Crippen molar-refractivity contribution in [2.75, 3.05) is 27.2 Å². The number of rotatable bonds is 4. The molecule has 0 radical (unpaired) electrons. The van der Waals surface area contributed by atoms with E-state index < -0.39 is 0 Å². The molecule has 0 aliphatic carbocycles. The van der Waals surface area contributed by atoms with Gasteiger partial charge in [-0.05, 0) is 33.0 Å². The third-order valence-electron chi connectivity index (χ3n) is 3.25. The maximum Gasteiger partial charge on any atom is 0.250 e. The lowest BCUT2D eigenvalue weighted by Gasteiger charge is -2.29. The molecule has 1 saturated heterocycles. The van der Waals surface area contributed by atoms with E-state index in [-0.39, 0.29) is 17.8 Å². The monoisotopic (exact) mass is 253 g/mol. The Balaban J connectivity index is 2.02. The molecule has 18 heavy (non-hydrogen) atoms. The second kappa shape index (κ2) is 6.11. The van der Waals surface area contributed by atoms with Gasteiger partial charge in [0.25, 0.3) is 5.88 Å². The highest BCUT2D eigenvalue weighted by molar-refractivity contribution is 5.23. The van der Waals surface area contributed by atoms with Gasteiger partial charge in [0.05, 0.1) is 0 Å². The van der Waals surface area contributed by atoms with Gasteiger partial charge in [-0.3, -0.25) is 0 Å². The Labute approximate surface area is 107 Å². The average molecular weight is 253 g/mol. The van der Waals surface area contributed by atoms with Crippen LogP contribution in [-0.2, 0) is 6.54 Å². The van der Waals surface area contributed by atoms with Crippen LogP contribution in [0.2, 0.25) is 0 Å². The topological polar surface area (TPSA) is 37.4 Å². The first-order chi connectivity index (χ1) is 8.70. The van der Waals surface area contributed by atoms with Crippen molar-refractivity contribution < 1.29 is 9.13 Å². The molecule has 1 aliphatic rings. The molecule has 2 heterocycles. The predicted octanol–water partition coefficient (Wildman–Crippen LogP) is 1.41. The molecule has 100 valence electrons. The number of pyridine rings is 1. The average Bonchev–Trinajstić information content (AvgIpc) is 2.37. The van der Waals surface area contributed by atoms with E-state index in [1.54, 1.807) is 19.3 Å². The number of ether oxygens (including phenoxy) is 1. The van der Waals surface area contributed by atoms with Crippen LogP contribution >= 0.6 is 0 Å². The number of hydrogen-bond acceptors (Lipinski definition) is 4. The van der Waals surface area contributed by atoms with Crippen LogP contribution in [0.5, 0.6) is 5.88 Å². The minimum atomic E-state index is -0.342. The van der Waals surface area contributed by atoms with Gasteiger partial charge in [0, 0.05) is 31.4 Å². The highest BCUT2D eigenvalue weighted by Gasteiger charge is 2.20. The van der Waals surface area contributed by atoms with E-state index in [9.17, 15) is 4.39 Å². The third kappa shape index (κ3) is 3.17. The molecule has 0 amide bonds. The van der Waals surface area contributed by atoms with Crippen molar-refractivity contribution in [2.24, 2.45) is 0 Å². The van der Waals surface area contributed by atoms with Crippen molar-refractivity contribution in [3.63, 3.8) is 0 Å². The van der Waals surface area contributed by atoms with E-state index >= 15 is 0 Å². The summed E-state index contributed by atoms with van der Waals surface area (Å²) in [4.78, 5) is 6.25. The summed E-state index contributed by atoms with van der Waals surface area (Å²) >= 11 is 0. The van der Waals surface area contributed by atoms with E-state index in [4.69, 9.17) is 4.74 Å². The van der Waals surface area contributed by atoms with Gasteiger partial charge in [0.1, 0.15) is 6.10 Å². The van der Waals surface area contributed by atoms with Crippen LogP contribution in [0.25, 0.3) is 0 Å². The molecule has 2 rings (SSSR count). The van der Waals surface area contributed by atoms with Crippen LogP contribution in [0.1, 0.15) is 18.4 Å². The molecule has 0 bridgehead atoms. The summed E-state index contributed by atoms with van der Waals surface area (Å²) in [6, 6.07) is 1.67. The first-order valence-corrected chi connectivity index (χ1v) is 6.34. The maximum absolute atomic E-state index is 14.1. The fraction of sp³-hybridized carbons (Fsp3) is 0.615. The fourth-order valence-electron chi connectivity index (χ4n) is 2.13. The first-order valence-electron chi connectivity index (χ1n) is 6.34. The number of nitrogens with zero attached hydrogens (tertiary/aromatic N) is 2. The van der Waals surface area contributed by atoms with Crippen LogP contribution in [0.4, 0.5) is 4.39 Å². The van der Waals surface area contributed by atoms with Crippen LogP contribution in [0.3, 0.4) is 0 Å². The second-order valence-electron chi connectivity index (χ2n) is 4.74. The van der Waals surface area contributed by atoms with Crippen LogP contribution in [-0.4, -0.2) is 43.2 Å². The Morgan fingerprint density at radius 3 is 2.89 bits per heavy atom. The zero-order valence-corrected chi connectivity index (χ0v) is 10.9. The molecule has 4 nitrogen and oxygen atoms in total. The molecule has 1 aromatic rings. The Kier molecular flexibility index (Phi) is 4.49. The standard InChI is InChI=1S/C13H20FN3O/c1-15-9-10-3-6-16-13(12(10)14)18-11-4-7-17(2)8-5-11/h3,6,11,15H,4-5,7-9H2,1-2H3. The lowest BCUT2D eigenvalue weighted by atomic mass is 10.1. The van der Waals surface area contributed by atoms with E-state index in [0.717, 1.165) is 25.9 Å². The van der Waals surface area contributed by atoms with E-state index in [1.165, 1.54) is 0 Å². The summed E-state index contributed by atoms with van der Waals surface area (Å²) in [6.07, 6.45) is 3.52. The van der Waals surface area contributed by atoms with Gasteiger partial charge in [-0.2, -0.15) is 0 Å². The SMILES string of the molecule is CNCc1ccnc(OC2CCN(C)CC2)c1F. The van der Waals surface area contributed by atoms with Crippen molar-refractivity contribution in [3.8, 4) is 5.88 Å². The predicted molar refractivity (Wildman–Crippen MR) is 68.1 cm³/mol. The number of aromatic nitrogens is 1. The molecule has 1 fully saturated rings. The van der Waals surface area contributed by atoms with Gasteiger partial charge in [-0.1, -0.05) is 0 Å².